The number of hydrogen-bond donors (Lipinski definition) is 2. The molecule has 0 unspecified atom stereocenters. The van der Waals surface area contributed by atoms with Gasteiger partial charge in [-0.15, -0.1) is 10.2 Å². The molecule has 9 nitrogen and oxygen atoms in total. The van der Waals surface area contributed by atoms with Crippen LogP contribution in [0.1, 0.15) is 5.56 Å². The summed E-state index contributed by atoms with van der Waals surface area (Å²) >= 11 is 11.6. The number of halogens is 5. The maximum absolute atomic E-state index is 13.2. The molecule has 0 fully saturated rings. The summed E-state index contributed by atoms with van der Waals surface area (Å²) in [5.41, 5.74) is 3.95. The van der Waals surface area contributed by atoms with Crippen molar-refractivity contribution in [3.05, 3.63) is 64.7 Å². The Morgan fingerprint density at radius 2 is 2.00 bits per heavy atom. The molecule has 0 radical (unpaired) electrons. The van der Waals surface area contributed by atoms with Crippen LogP contribution in [0.3, 0.4) is 0 Å². The molecule has 0 aliphatic carbocycles. The van der Waals surface area contributed by atoms with Crippen molar-refractivity contribution in [3.8, 4) is 11.5 Å². The minimum atomic E-state index is -4.85. The number of rotatable bonds is 5. The summed E-state index contributed by atoms with van der Waals surface area (Å²) in [5.74, 6) is 0.366. The summed E-state index contributed by atoms with van der Waals surface area (Å²) in [5, 5.41) is 7.14. The molecule has 2 aromatic heterocycles. The molecule has 3 rings (SSSR count). The topological polar surface area (TPSA) is 128 Å². The molecule has 0 spiro atoms. The minimum Gasteiger partial charge on any atom is -0.404 e. The van der Waals surface area contributed by atoms with Gasteiger partial charge in [0, 0.05) is 13.2 Å². The fourth-order valence-corrected chi connectivity index (χ4v) is 4.17. The van der Waals surface area contributed by atoms with Crippen molar-refractivity contribution in [1.29, 1.82) is 0 Å². The summed E-state index contributed by atoms with van der Waals surface area (Å²) in [6.07, 6.45) is 0.345. The summed E-state index contributed by atoms with van der Waals surface area (Å²) in [7, 11) is -3.04. The van der Waals surface area contributed by atoms with Gasteiger partial charge in [0.1, 0.15) is 17.9 Å². The van der Waals surface area contributed by atoms with Crippen molar-refractivity contribution in [2.45, 2.75) is 11.1 Å². The first-order valence-corrected chi connectivity index (χ1v) is 11.0. The van der Waals surface area contributed by atoms with E-state index >= 15 is 0 Å². The van der Waals surface area contributed by atoms with Gasteiger partial charge in [-0.1, -0.05) is 23.2 Å². The molecule has 3 aromatic rings. The monoisotopic (exact) mass is 519 g/mol. The van der Waals surface area contributed by atoms with E-state index in [0.29, 0.717) is 11.9 Å². The predicted octanol–water partition coefficient (Wildman–Crippen LogP) is 3.82. The van der Waals surface area contributed by atoms with Gasteiger partial charge in [0.15, 0.2) is 5.82 Å². The van der Waals surface area contributed by atoms with Gasteiger partial charge in [-0.2, -0.15) is 13.2 Å². The molecule has 15 heteroatoms. The number of nitrogens with zero attached hydrogens (tertiary/aromatic N) is 5. The standard InChI is InChI=1S/C18H14Cl2F3N7O2S/c1-25-15(4-5-24)30-9-27-28-17(30)16-14(6-10(19)8-26-16)29-33(31,32)11-2-3-13(20)12(7-11)18(21,22)23/h2-9,29H,24H2,1H3. The van der Waals surface area contributed by atoms with E-state index in [0.717, 1.165) is 12.1 Å². The molecule has 33 heavy (non-hydrogen) atoms. The SMILES string of the molecule is CN=C(C=CN)n1cnnc1-c1ncc(Cl)cc1NS(=O)(=O)c1ccc(Cl)c(C(F)(F)F)c1. The first kappa shape index (κ1) is 24.5. The van der Waals surface area contributed by atoms with Gasteiger partial charge in [-0.05, 0) is 36.5 Å². The van der Waals surface area contributed by atoms with Gasteiger partial charge in [-0.25, -0.2) is 13.4 Å². The van der Waals surface area contributed by atoms with Gasteiger partial charge >= 0.3 is 6.18 Å². The number of nitrogens with two attached hydrogens (primary N) is 1. The lowest BCUT2D eigenvalue weighted by atomic mass is 10.2. The summed E-state index contributed by atoms with van der Waals surface area (Å²) in [6, 6.07) is 3.44. The zero-order chi connectivity index (χ0) is 24.4. The fraction of sp³-hybridized carbons (Fsp3) is 0.111. The summed E-state index contributed by atoms with van der Waals surface area (Å²) < 4.78 is 69.0. The minimum absolute atomic E-state index is 0.0166. The van der Waals surface area contributed by atoms with Crippen molar-refractivity contribution in [1.82, 2.24) is 19.7 Å². The lowest BCUT2D eigenvalue weighted by molar-refractivity contribution is -0.137. The largest absolute Gasteiger partial charge is 0.417 e. The molecule has 0 saturated carbocycles. The van der Waals surface area contributed by atoms with Crippen LogP contribution in [0.15, 0.2) is 59.0 Å². The van der Waals surface area contributed by atoms with Crippen molar-refractivity contribution < 1.29 is 21.6 Å². The Hall–Kier alpha value is -3.16. The Morgan fingerprint density at radius 1 is 1.27 bits per heavy atom. The van der Waals surface area contributed by atoms with Crippen LogP contribution >= 0.6 is 23.2 Å². The van der Waals surface area contributed by atoms with Crippen LogP contribution in [0.25, 0.3) is 11.5 Å². The second kappa shape index (κ2) is 9.37. The second-order valence-electron chi connectivity index (χ2n) is 6.26. The highest BCUT2D eigenvalue weighted by atomic mass is 35.5. The highest BCUT2D eigenvalue weighted by molar-refractivity contribution is 7.92. The van der Waals surface area contributed by atoms with E-state index in [-0.39, 0.29) is 22.2 Å². The van der Waals surface area contributed by atoms with E-state index in [1.165, 1.54) is 42.5 Å². The molecular weight excluding hydrogens is 506 g/mol. The normalized spacial score (nSPS) is 13.0. The zero-order valence-electron chi connectivity index (χ0n) is 16.5. The van der Waals surface area contributed by atoms with E-state index in [1.807, 2.05) is 0 Å². The number of benzene rings is 1. The Morgan fingerprint density at radius 3 is 2.64 bits per heavy atom. The number of pyridine rings is 1. The van der Waals surface area contributed by atoms with Crippen LogP contribution in [0.2, 0.25) is 10.0 Å². The fourth-order valence-electron chi connectivity index (χ4n) is 2.70. The number of allylic oxidation sites excluding steroid dienone is 1. The van der Waals surface area contributed by atoms with Crippen molar-refractivity contribution >= 4 is 44.7 Å². The highest BCUT2D eigenvalue weighted by Gasteiger charge is 2.34. The van der Waals surface area contributed by atoms with Gasteiger partial charge in [0.2, 0.25) is 0 Å². The molecule has 0 bridgehead atoms. The first-order chi connectivity index (χ1) is 15.5. The smallest absolute Gasteiger partial charge is 0.404 e. The number of sulfonamides is 1. The number of aliphatic imine (C=N–C) groups is 1. The van der Waals surface area contributed by atoms with Gasteiger partial charge in [0.25, 0.3) is 10.0 Å². The zero-order valence-corrected chi connectivity index (χ0v) is 18.9. The third-order valence-corrected chi connectivity index (χ3v) is 6.03. The maximum atomic E-state index is 13.2. The Bertz CT molecular complexity index is 1360. The van der Waals surface area contributed by atoms with E-state index in [9.17, 15) is 21.6 Å². The maximum Gasteiger partial charge on any atom is 0.417 e. The van der Waals surface area contributed by atoms with Crippen molar-refractivity contribution in [2.75, 3.05) is 11.8 Å². The van der Waals surface area contributed by atoms with Crippen molar-refractivity contribution in [2.24, 2.45) is 10.7 Å². The molecule has 0 amide bonds. The molecule has 3 N–H and O–H groups in total. The van der Waals surface area contributed by atoms with E-state index in [4.69, 9.17) is 28.9 Å². The highest BCUT2D eigenvalue weighted by Crippen LogP contribution is 2.36. The lowest BCUT2D eigenvalue weighted by Gasteiger charge is -2.14. The van der Waals surface area contributed by atoms with E-state index in [1.54, 1.807) is 0 Å². The Kier molecular flexibility index (Phi) is 6.95. The second-order valence-corrected chi connectivity index (χ2v) is 8.79. The van der Waals surface area contributed by atoms with Gasteiger partial charge in [0.05, 0.1) is 26.2 Å². The van der Waals surface area contributed by atoms with E-state index < -0.39 is 31.7 Å². The van der Waals surface area contributed by atoms with Gasteiger partial charge in [-0.3, -0.25) is 14.3 Å². The third kappa shape index (κ3) is 5.26. The summed E-state index contributed by atoms with van der Waals surface area (Å²) in [6.45, 7) is 0. The van der Waals surface area contributed by atoms with Crippen LogP contribution in [0.4, 0.5) is 18.9 Å². The number of nitrogens with one attached hydrogen (secondary N) is 1. The predicted molar refractivity (Wildman–Crippen MR) is 118 cm³/mol. The average molecular weight is 520 g/mol. The van der Waals surface area contributed by atoms with Crippen molar-refractivity contribution in [3.63, 3.8) is 0 Å². The quantitative estimate of drug-likeness (QED) is 0.389. The lowest BCUT2D eigenvalue weighted by Crippen LogP contribution is -2.17. The van der Waals surface area contributed by atoms with Crippen LogP contribution < -0.4 is 10.5 Å². The van der Waals surface area contributed by atoms with Crippen LogP contribution in [0.5, 0.6) is 0 Å². The van der Waals surface area contributed by atoms with E-state index in [2.05, 4.69) is 24.9 Å². The molecule has 0 saturated heterocycles. The third-order valence-electron chi connectivity index (χ3n) is 4.13. The molecule has 2 heterocycles. The van der Waals surface area contributed by atoms with Crippen LogP contribution in [-0.2, 0) is 16.2 Å². The van der Waals surface area contributed by atoms with Crippen LogP contribution in [0, 0.1) is 0 Å². The summed E-state index contributed by atoms with van der Waals surface area (Å²) in [4.78, 5) is 7.48. The average Bonchev–Trinajstić information content (AvgIpc) is 3.20. The Balaban J connectivity index is 2.11. The molecule has 174 valence electrons. The number of aromatic nitrogens is 4. The molecular formula is C18H14Cl2F3N7O2S. The molecule has 0 atom stereocenters. The number of hydrogen-bond acceptors (Lipinski definition) is 7. The number of anilines is 1. The molecule has 0 aliphatic heterocycles. The van der Waals surface area contributed by atoms with Gasteiger partial charge < -0.3 is 5.73 Å². The first-order valence-electron chi connectivity index (χ1n) is 8.79. The Labute approximate surface area is 195 Å². The van der Waals surface area contributed by atoms with Crippen LogP contribution in [-0.4, -0.2) is 41.0 Å². The number of alkyl halides is 3. The molecule has 1 aromatic carbocycles. The molecule has 0 aliphatic rings.